The van der Waals surface area contributed by atoms with Crippen LogP contribution in [0.15, 0.2) is 18.3 Å². The van der Waals surface area contributed by atoms with E-state index in [1.807, 2.05) is 4.90 Å². The van der Waals surface area contributed by atoms with Crippen LogP contribution >= 0.6 is 0 Å². The molecule has 0 aliphatic carbocycles. The lowest BCUT2D eigenvalue weighted by molar-refractivity contribution is -0.0352. The molecule has 0 radical (unpaired) electrons. The molecule has 0 spiro atoms. The summed E-state index contributed by atoms with van der Waals surface area (Å²) < 4.78 is 16.0. The zero-order valence-corrected chi connectivity index (χ0v) is 16.3. The van der Waals surface area contributed by atoms with Crippen LogP contribution in [-0.4, -0.2) is 86.1 Å². The Hall–Kier alpha value is -1.90. The van der Waals surface area contributed by atoms with Crippen LogP contribution in [0.25, 0.3) is 0 Å². The Morgan fingerprint density at radius 3 is 2.70 bits per heavy atom. The number of piperidine rings is 1. The van der Waals surface area contributed by atoms with Gasteiger partial charge in [0, 0.05) is 45.0 Å². The van der Waals surface area contributed by atoms with Crippen molar-refractivity contribution in [2.45, 2.75) is 25.3 Å². The number of pyridine rings is 1. The SMILES string of the molecule is COCCOc1ncccc1NC(=O)N1CCC(C)(N2CCOCC2)CC1. The van der Waals surface area contributed by atoms with Crippen molar-refractivity contribution in [3.63, 3.8) is 0 Å². The molecule has 3 rings (SSSR count). The molecule has 8 heteroatoms. The Kier molecular flexibility index (Phi) is 6.87. The van der Waals surface area contributed by atoms with E-state index in [-0.39, 0.29) is 11.6 Å². The van der Waals surface area contributed by atoms with Gasteiger partial charge in [0.2, 0.25) is 5.88 Å². The molecule has 1 aromatic rings. The van der Waals surface area contributed by atoms with Crippen molar-refractivity contribution in [1.82, 2.24) is 14.8 Å². The van der Waals surface area contributed by atoms with Crippen molar-refractivity contribution >= 4 is 11.7 Å². The Morgan fingerprint density at radius 2 is 2.00 bits per heavy atom. The van der Waals surface area contributed by atoms with Gasteiger partial charge in [-0.3, -0.25) is 4.90 Å². The fourth-order valence-corrected chi connectivity index (χ4v) is 3.63. The monoisotopic (exact) mass is 378 g/mol. The first-order chi connectivity index (χ1) is 13.1. The van der Waals surface area contributed by atoms with Crippen molar-refractivity contribution in [3.8, 4) is 5.88 Å². The number of ether oxygens (including phenoxy) is 3. The molecule has 2 saturated heterocycles. The molecule has 0 saturated carbocycles. The van der Waals surface area contributed by atoms with Crippen molar-refractivity contribution in [1.29, 1.82) is 0 Å². The average molecular weight is 378 g/mol. The minimum Gasteiger partial charge on any atom is -0.474 e. The predicted molar refractivity (Wildman–Crippen MR) is 102 cm³/mol. The predicted octanol–water partition coefficient (Wildman–Crippen LogP) is 1.83. The summed E-state index contributed by atoms with van der Waals surface area (Å²) in [7, 11) is 1.62. The second-order valence-electron chi connectivity index (χ2n) is 7.21. The summed E-state index contributed by atoms with van der Waals surface area (Å²) in [5.74, 6) is 0.415. The molecule has 1 aromatic heterocycles. The normalized spacial score (nSPS) is 20.3. The maximum absolute atomic E-state index is 12.7. The fourth-order valence-electron chi connectivity index (χ4n) is 3.63. The van der Waals surface area contributed by atoms with E-state index in [0.717, 1.165) is 52.2 Å². The van der Waals surface area contributed by atoms with Gasteiger partial charge in [0.1, 0.15) is 12.3 Å². The molecule has 2 aliphatic heterocycles. The van der Waals surface area contributed by atoms with Crippen LogP contribution in [-0.2, 0) is 9.47 Å². The lowest BCUT2D eigenvalue weighted by atomic mass is 9.87. The number of hydrogen-bond donors (Lipinski definition) is 1. The van der Waals surface area contributed by atoms with Gasteiger partial charge in [-0.15, -0.1) is 0 Å². The maximum Gasteiger partial charge on any atom is 0.321 e. The van der Waals surface area contributed by atoms with Crippen molar-refractivity contribution in [2.24, 2.45) is 0 Å². The third-order valence-electron chi connectivity index (χ3n) is 5.44. The minimum atomic E-state index is -0.108. The van der Waals surface area contributed by atoms with Crippen molar-refractivity contribution < 1.29 is 19.0 Å². The number of methoxy groups -OCH3 is 1. The Morgan fingerprint density at radius 1 is 1.26 bits per heavy atom. The van der Waals surface area contributed by atoms with Crippen LogP contribution in [0.1, 0.15) is 19.8 Å². The molecule has 2 amide bonds. The number of likely N-dealkylation sites (tertiary alicyclic amines) is 1. The molecule has 150 valence electrons. The summed E-state index contributed by atoms with van der Waals surface area (Å²) in [6, 6.07) is 3.47. The molecule has 0 unspecified atom stereocenters. The van der Waals surface area contributed by atoms with Crippen LogP contribution in [0.2, 0.25) is 0 Å². The Balaban J connectivity index is 1.54. The van der Waals surface area contributed by atoms with Gasteiger partial charge in [-0.1, -0.05) is 0 Å². The highest BCUT2D eigenvalue weighted by Crippen LogP contribution is 2.30. The molecular formula is C19H30N4O4. The van der Waals surface area contributed by atoms with E-state index < -0.39 is 0 Å². The molecule has 8 nitrogen and oxygen atoms in total. The highest BCUT2D eigenvalue weighted by Gasteiger charge is 2.37. The van der Waals surface area contributed by atoms with Crippen molar-refractivity contribution in [3.05, 3.63) is 18.3 Å². The van der Waals surface area contributed by atoms with E-state index >= 15 is 0 Å². The molecule has 0 bridgehead atoms. The van der Waals surface area contributed by atoms with Gasteiger partial charge in [-0.05, 0) is 31.9 Å². The number of urea groups is 1. The zero-order valence-electron chi connectivity index (χ0n) is 16.3. The molecule has 0 atom stereocenters. The Labute approximate surface area is 160 Å². The highest BCUT2D eigenvalue weighted by molar-refractivity contribution is 5.90. The highest BCUT2D eigenvalue weighted by atomic mass is 16.5. The molecule has 27 heavy (non-hydrogen) atoms. The first kappa shape index (κ1) is 19.9. The number of anilines is 1. The number of morpholine rings is 1. The summed E-state index contributed by atoms with van der Waals surface area (Å²) in [5.41, 5.74) is 0.726. The average Bonchev–Trinajstić information content (AvgIpc) is 2.70. The maximum atomic E-state index is 12.7. The van der Waals surface area contributed by atoms with Gasteiger partial charge in [0.25, 0.3) is 0 Å². The van der Waals surface area contributed by atoms with Crippen LogP contribution < -0.4 is 10.1 Å². The molecule has 2 aliphatic rings. The van der Waals surface area contributed by atoms with E-state index in [4.69, 9.17) is 14.2 Å². The van der Waals surface area contributed by atoms with E-state index in [9.17, 15) is 4.79 Å². The number of carbonyl (C=O) groups is 1. The van der Waals surface area contributed by atoms with Gasteiger partial charge >= 0.3 is 6.03 Å². The van der Waals surface area contributed by atoms with Gasteiger partial charge in [-0.25, -0.2) is 9.78 Å². The number of nitrogens with zero attached hydrogens (tertiary/aromatic N) is 3. The second kappa shape index (κ2) is 9.34. The number of nitrogens with one attached hydrogen (secondary N) is 1. The largest absolute Gasteiger partial charge is 0.474 e. The van der Waals surface area contributed by atoms with Gasteiger partial charge < -0.3 is 24.4 Å². The summed E-state index contributed by atoms with van der Waals surface area (Å²) in [4.78, 5) is 21.3. The smallest absolute Gasteiger partial charge is 0.321 e. The molecule has 1 N–H and O–H groups in total. The van der Waals surface area contributed by atoms with E-state index in [1.165, 1.54) is 0 Å². The lowest BCUT2D eigenvalue weighted by Crippen LogP contribution is -2.57. The minimum absolute atomic E-state index is 0.108. The fraction of sp³-hybridized carbons (Fsp3) is 0.684. The van der Waals surface area contributed by atoms with E-state index in [2.05, 4.69) is 22.1 Å². The topological polar surface area (TPSA) is 76.2 Å². The number of aromatic nitrogens is 1. The summed E-state index contributed by atoms with van der Waals surface area (Å²) >= 11 is 0. The second-order valence-corrected chi connectivity index (χ2v) is 7.21. The van der Waals surface area contributed by atoms with Gasteiger partial charge in [-0.2, -0.15) is 0 Å². The van der Waals surface area contributed by atoms with Crippen LogP contribution in [0.5, 0.6) is 5.88 Å². The lowest BCUT2D eigenvalue weighted by Gasteiger charge is -2.48. The first-order valence-electron chi connectivity index (χ1n) is 9.58. The number of carbonyl (C=O) groups excluding carboxylic acids is 1. The molecule has 0 aromatic carbocycles. The summed E-state index contributed by atoms with van der Waals surface area (Å²) in [6.45, 7) is 8.17. The zero-order chi connectivity index (χ0) is 19.1. The summed E-state index contributed by atoms with van der Waals surface area (Å²) in [6.07, 6.45) is 3.57. The van der Waals surface area contributed by atoms with Crippen LogP contribution in [0.4, 0.5) is 10.5 Å². The van der Waals surface area contributed by atoms with Gasteiger partial charge in [0.05, 0.1) is 19.8 Å². The van der Waals surface area contributed by atoms with E-state index in [0.29, 0.717) is 24.8 Å². The molecular weight excluding hydrogens is 348 g/mol. The summed E-state index contributed by atoms with van der Waals surface area (Å²) in [5, 5.41) is 2.94. The molecule has 2 fully saturated rings. The Bertz CT molecular complexity index is 613. The number of hydrogen-bond acceptors (Lipinski definition) is 6. The van der Waals surface area contributed by atoms with Crippen molar-refractivity contribution in [2.75, 3.05) is 65.0 Å². The number of rotatable bonds is 6. The number of amides is 2. The standard InChI is InChI=1S/C19H30N4O4/c1-19(23-10-12-26-13-11-23)5-8-22(9-6-19)18(24)21-16-4-3-7-20-17(16)27-15-14-25-2/h3-4,7H,5-6,8-15H2,1-2H3,(H,21,24). The van der Waals surface area contributed by atoms with Gasteiger partial charge in [0.15, 0.2) is 0 Å². The van der Waals surface area contributed by atoms with E-state index in [1.54, 1.807) is 25.4 Å². The third kappa shape index (κ3) is 5.09. The first-order valence-corrected chi connectivity index (χ1v) is 9.58. The molecule has 3 heterocycles. The van der Waals surface area contributed by atoms with Crippen LogP contribution in [0.3, 0.4) is 0 Å². The third-order valence-corrected chi connectivity index (χ3v) is 5.44. The quantitative estimate of drug-likeness (QED) is 0.761. The van der Waals surface area contributed by atoms with Crippen LogP contribution in [0, 0.1) is 0 Å².